The highest BCUT2D eigenvalue weighted by Crippen LogP contribution is 2.38. The minimum atomic E-state index is 0.588. The molecule has 4 nitrogen and oxygen atoms in total. The second-order valence-corrected chi connectivity index (χ2v) is 5.90. The van der Waals surface area contributed by atoms with Gasteiger partial charge in [0, 0.05) is 12.7 Å². The number of aromatic nitrogens is 1. The van der Waals surface area contributed by atoms with Crippen LogP contribution < -0.4 is 14.8 Å². The molecule has 6 heteroatoms. The third-order valence-corrected chi connectivity index (χ3v) is 4.12. The highest BCUT2D eigenvalue weighted by Gasteiger charge is 2.16. The van der Waals surface area contributed by atoms with Crippen LogP contribution in [0.1, 0.15) is 5.56 Å². The van der Waals surface area contributed by atoms with Crippen molar-refractivity contribution in [2.75, 3.05) is 18.5 Å². The predicted molar refractivity (Wildman–Crippen MR) is 84.4 cm³/mol. The van der Waals surface area contributed by atoms with Gasteiger partial charge < -0.3 is 14.8 Å². The molecule has 0 fully saturated rings. The van der Waals surface area contributed by atoms with E-state index >= 15 is 0 Å². The van der Waals surface area contributed by atoms with Crippen LogP contribution in [0, 0.1) is 0 Å². The van der Waals surface area contributed by atoms with Gasteiger partial charge in [-0.15, -0.1) is 0 Å². The monoisotopic (exact) mass is 398 g/mol. The fourth-order valence-electron chi connectivity index (χ4n) is 1.98. The summed E-state index contributed by atoms with van der Waals surface area (Å²) in [6, 6.07) is 7.90. The molecule has 0 amide bonds. The second kappa shape index (κ2) is 6.01. The Morgan fingerprint density at radius 2 is 2.05 bits per heavy atom. The van der Waals surface area contributed by atoms with Gasteiger partial charge in [0.25, 0.3) is 0 Å². The van der Waals surface area contributed by atoms with E-state index in [1.54, 1.807) is 6.20 Å². The predicted octanol–water partition coefficient (Wildman–Crippen LogP) is 3.99. The summed E-state index contributed by atoms with van der Waals surface area (Å²) >= 11 is 6.94. The smallest absolute Gasteiger partial charge is 0.175 e. The Hall–Kier alpha value is -1.27. The van der Waals surface area contributed by atoms with E-state index in [1.807, 2.05) is 24.3 Å². The fourth-order valence-corrected chi connectivity index (χ4v) is 2.98. The molecule has 1 N–H and O–H groups in total. The zero-order valence-corrected chi connectivity index (χ0v) is 13.7. The number of fused-ring (bicyclic) bond motifs is 1. The van der Waals surface area contributed by atoms with Crippen LogP contribution in [0.4, 0.5) is 5.69 Å². The summed E-state index contributed by atoms with van der Waals surface area (Å²) < 4.78 is 12.9. The number of hydrogen-bond donors (Lipinski definition) is 1. The molecule has 1 aliphatic rings. The third-order valence-electron chi connectivity index (χ3n) is 2.90. The maximum atomic E-state index is 5.62. The van der Waals surface area contributed by atoms with E-state index in [0.29, 0.717) is 19.8 Å². The fraction of sp³-hybridized carbons (Fsp3) is 0.214. The molecule has 0 saturated carbocycles. The summed E-state index contributed by atoms with van der Waals surface area (Å²) in [6.07, 6.45) is 1.75. The number of pyridine rings is 1. The van der Waals surface area contributed by atoms with Crippen LogP contribution >= 0.6 is 31.9 Å². The molecule has 104 valence electrons. The molecule has 0 bridgehead atoms. The van der Waals surface area contributed by atoms with Gasteiger partial charge >= 0.3 is 0 Å². The average Bonchev–Trinajstić information content (AvgIpc) is 2.46. The van der Waals surface area contributed by atoms with Gasteiger partial charge in [0.1, 0.15) is 17.8 Å². The van der Waals surface area contributed by atoms with Crippen LogP contribution in [0.3, 0.4) is 0 Å². The molecule has 1 aromatic heterocycles. The summed E-state index contributed by atoms with van der Waals surface area (Å²) in [5, 5.41) is 3.34. The first-order valence-electron chi connectivity index (χ1n) is 6.16. The Morgan fingerprint density at radius 1 is 1.20 bits per heavy atom. The van der Waals surface area contributed by atoms with Crippen molar-refractivity contribution in [1.29, 1.82) is 0 Å². The molecule has 0 unspecified atom stereocenters. The lowest BCUT2D eigenvalue weighted by molar-refractivity contribution is 0.170. The van der Waals surface area contributed by atoms with Crippen molar-refractivity contribution in [3.63, 3.8) is 0 Å². The SMILES string of the molecule is Brc1cc(CNc2cccnc2Br)cc2c1OCCO2. The Kier molecular flexibility index (Phi) is 4.12. The molecule has 0 saturated heterocycles. The van der Waals surface area contributed by atoms with E-state index in [-0.39, 0.29) is 0 Å². The van der Waals surface area contributed by atoms with Crippen molar-refractivity contribution < 1.29 is 9.47 Å². The maximum absolute atomic E-state index is 5.62. The summed E-state index contributed by atoms with van der Waals surface area (Å²) in [5.74, 6) is 1.57. The molecule has 0 atom stereocenters. The van der Waals surface area contributed by atoms with Crippen molar-refractivity contribution in [3.8, 4) is 11.5 Å². The first kappa shape index (κ1) is 13.7. The number of rotatable bonds is 3. The standard InChI is InChI=1S/C14H12Br2N2O2/c15-10-6-9(7-12-13(10)20-5-4-19-12)8-18-11-2-1-3-17-14(11)16/h1-3,6-7,18H,4-5,8H2. The van der Waals surface area contributed by atoms with Crippen molar-refractivity contribution in [1.82, 2.24) is 4.98 Å². The normalized spacial score (nSPS) is 13.1. The molecule has 20 heavy (non-hydrogen) atoms. The van der Waals surface area contributed by atoms with E-state index in [4.69, 9.17) is 9.47 Å². The lowest BCUT2D eigenvalue weighted by Crippen LogP contribution is -2.16. The zero-order valence-electron chi connectivity index (χ0n) is 10.5. The van der Waals surface area contributed by atoms with E-state index in [0.717, 1.165) is 31.8 Å². The molecular formula is C14H12Br2N2O2. The highest BCUT2D eigenvalue weighted by atomic mass is 79.9. The summed E-state index contributed by atoms with van der Waals surface area (Å²) in [4.78, 5) is 4.18. The van der Waals surface area contributed by atoms with Crippen LogP contribution in [-0.4, -0.2) is 18.2 Å². The molecule has 0 aliphatic carbocycles. The number of ether oxygens (including phenoxy) is 2. The van der Waals surface area contributed by atoms with Gasteiger partial charge in [0.2, 0.25) is 0 Å². The van der Waals surface area contributed by atoms with Gasteiger partial charge in [-0.2, -0.15) is 0 Å². The van der Waals surface area contributed by atoms with Gasteiger partial charge in [-0.25, -0.2) is 4.98 Å². The summed E-state index contributed by atoms with van der Waals surface area (Å²) in [6.45, 7) is 1.86. The molecule has 1 aromatic carbocycles. The molecule has 2 aromatic rings. The summed E-state index contributed by atoms with van der Waals surface area (Å²) in [5.41, 5.74) is 2.07. The molecule has 0 radical (unpaired) electrons. The Bertz CT molecular complexity index is 635. The van der Waals surface area contributed by atoms with Crippen LogP contribution in [0.5, 0.6) is 11.5 Å². The van der Waals surface area contributed by atoms with Crippen LogP contribution in [-0.2, 0) is 6.54 Å². The second-order valence-electron chi connectivity index (χ2n) is 4.30. The lowest BCUT2D eigenvalue weighted by Gasteiger charge is -2.20. The molecule has 0 spiro atoms. The van der Waals surface area contributed by atoms with E-state index in [2.05, 4.69) is 42.2 Å². The first-order valence-corrected chi connectivity index (χ1v) is 7.75. The van der Waals surface area contributed by atoms with E-state index in [1.165, 1.54) is 0 Å². The Balaban J connectivity index is 1.78. The van der Waals surface area contributed by atoms with Gasteiger partial charge in [0.05, 0.1) is 10.2 Å². The van der Waals surface area contributed by atoms with Gasteiger partial charge in [-0.1, -0.05) is 0 Å². The van der Waals surface area contributed by atoms with E-state index < -0.39 is 0 Å². The maximum Gasteiger partial charge on any atom is 0.175 e. The molecule has 3 rings (SSSR count). The number of hydrogen-bond acceptors (Lipinski definition) is 4. The highest BCUT2D eigenvalue weighted by molar-refractivity contribution is 9.10. The molecule has 1 aliphatic heterocycles. The van der Waals surface area contributed by atoms with Gasteiger partial charge in [-0.05, 0) is 61.7 Å². The number of benzene rings is 1. The third kappa shape index (κ3) is 2.91. The number of halogens is 2. The zero-order chi connectivity index (χ0) is 13.9. The largest absolute Gasteiger partial charge is 0.486 e. The molecule has 2 heterocycles. The Morgan fingerprint density at radius 3 is 2.90 bits per heavy atom. The first-order chi connectivity index (χ1) is 9.74. The molecular weight excluding hydrogens is 388 g/mol. The van der Waals surface area contributed by atoms with Crippen molar-refractivity contribution in [3.05, 3.63) is 45.1 Å². The average molecular weight is 400 g/mol. The summed E-state index contributed by atoms with van der Waals surface area (Å²) in [7, 11) is 0. The quantitative estimate of drug-likeness (QED) is 0.792. The Labute approximate surface area is 133 Å². The van der Waals surface area contributed by atoms with Crippen molar-refractivity contribution in [2.45, 2.75) is 6.54 Å². The van der Waals surface area contributed by atoms with Crippen molar-refractivity contribution in [2.24, 2.45) is 0 Å². The van der Waals surface area contributed by atoms with Gasteiger partial charge in [-0.3, -0.25) is 0 Å². The topological polar surface area (TPSA) is 43.4 Å². The van der Waals surface area contributed by atoms with E-state index in [9.17, 15) is 0 Å². The number of nitrogens with one attached hydrogen (secondary N) is 1. The van der Waals surface area contributed by atoms with Crippen LogP contribution in [0.2, 0.25) is 0 Å². The minimum Gasteiger partial charge on any atom is -0.486 e. The number of nitrogens with zero attached hydrogens (tertiary/aromatic N) is 1. The number of anilines is 1. The van der Waals surface area contributed by atoms with Crippen LogP contribution in [0.25, 0.3) is 0 Å². The van der Waals surface area contributed by atoms with Crippen molar-refractivity contribution >= 4 is 37.5 Å². The van der Waals surface area contributed by atoms with Gasteiger partial charge in [0.15, 0.2) is 11.5 Å². The van der Waals surface area contributed by atoms with Crippen LogP contribution in [0.15, 0.2) is 39.5 Å². The minimum absolute atomic E-state index is 0.588. The lowest BCUT2D eigenvalue weighted by atomic mass is 10.2.